The predicted molar refractivity (Wildman–Crippen MR) is 99.6 cm³/mol. The zero-order valence-electron chi connectivity index (χ0n) is 15.4. The molecular weight excluding hydrogens is 333 g/mol. The average Bonchev–Trinajstić information content (AvgIpc) is 2.81. The van der Waals surface area contributed by atoms with Gasteiger partial charge in [-0.1, -0.05) is 42.5 Å². The molecule has 0 amide bonds. The van der Waals surface area contributed by atoms with Crippen LogP contribution in [0.5, 0.6) is 5.75 Å². The summed E-state index contributed by atoms with van der Waals surface area (Å²) in [5.41, 5.74) is 0.0165. The van der Waals surface area contributed by atoms with Gasteiger partial charge in [0.05, 0.1) is 21.6 Å². The van der Waals surface area contributed by atoms with Gasteiger partial charge in [-0.25, -0.2) is 0 Å². The fourth-order valence-electron chi connectivity index (χ4n) is 2.75. The number of para-hydroxylation sites is 1. The molecule has 1 aliphatic heterocycles. The van der Waals surface area contributed by atoms with Crippen LogP contribution in [0.2, 0.25) is 0 Å². The zero-order valence-corrected chi connectivity index (χ0v) is 15.4. The van der Waals surface area contributed by atoms with Crippen LogP contribution in [0.3, 0.4) is 0 Å². The Balaban J connectivity index is 1.91. The third kappa shape index (κ3) is 3.45. The first kappa shape index (κ1) is 18.4. The quantitative estimate of drug-likeness (QED) is 0.467. The van der Waals surface area contributed by atoms with Gasteiger partial charge in [-0.2, -0.15) is 0 Å². The second kappa shape index (κ2) is 6.74. The van der Waals surface area contributed by atoms with Gasteiger partial charge in [0.1, 0.15) is 6.61 Å². The maximum absolute atomic E-state index is 11.7. The van der Waals surface area contributed by atoms with Crippen molar-refractivity contribution < 1.29 is 19.0 Å². The number of hydrogen-bond donors (Lipinski definition) is 0. The summed E-state index contributed by atoms with van der Waals surface area (Å²) in [6.45, 7) is 7.89. The van der Waals surface area contributed by atoms with Crippen molar-refractivity contribution in [1.29, 1.82) is 0 Å². The summed E-state index contributed by atoms with van der Waals surface area (Å²) >= 11 is 0. The van der Waals surface area contributed by atoms with Gasteiger partial charge in [-0.3, -0.25) is 10.1 Å². The lowest BCUT2D eigenvalue weighted by atomic mass is 9.77. The molecule has 0 spiro atoms. The lowest BCUT2D eigenvalue weighted by Crippen LogP contribution is -2.41. The Morgan fingerprint density at radius 2 is 1.62 bits per heavy atom. The van der Waals surface area contributed by atoms with Crippen LogP contribution in [-0.2, 0) is 15.9 Å². The largest absolute Gasteiger partial charge is 0.502 e. The standard InChI is InChI=1S/C19H22BNO5/c1-18(2)19(3,4)26-20(25-18)15-11-8-12-16(17(15)21(22)23)24-13-14-9-6-5-7-10-14/h5-12H,13H2,1-4H3. The van der Waals surface area contributed by atoms with Crippen molar-refractivity contribution in [2.24, 2.45) is 0 Å². The Morgan fingerprint density at radius 3 is 2.19 bits per heavy atom. The van der Waals surface area contributed by atoms with Gasteiger partial charge < -0.3 is 14.0 Å². The molecule has 6 nitrogen and oxygen atoms in total. The first-order valence-electron chi connectivity index (χ1n) is 8.51. The van der Waals surface area contributed by atoms with E-state index in [1.54, 1.807) is 18.2 Å². The highest BCUT2D eigenvalue weighted by Crippen LogP contribution is 2.38. The SMILES string of the molecule is CC1(C)OB(c2cccc(OCc3ccccc3)c2[N+](=O)[O-])OC1(C)C. The Hall–Kier alpha value is -2.38. The highest BCUT2D eigenvalue weighted by atomic mass is 16.7. The summed E-state index contributed by atoms with van der Waals surface area (Å²) in [5.74, 6) is 0.200. The van der Waals surface area contributed by atoms with Gasteiger partial charge in [-0.05, 0) is 39.3 Å². The fourth-order valence-corrected chi connectivity index (χ4v) is 2.75. The number of nitro benzene ring substituents is 1. The summed E-state index contributed by atoms with van der Waals surface area (Å²) in [4.78, 5) is 11.3. The molecule has 0 aliphatic carbocycles. The molecule has 0 saturated carbocycles. The molecule has 7 heteroatoms. The molecule has 0 unspecified atom stereocenters. The second-order valence-corrected chi connectivity index (χ2v) is 7.31. The number of benzene rings is 2. The van der Waals surface area contributed by atoms with Crippen LogP contribution >= 0.6 is 0 Å². The normalized spacial score (nSPS) is 17.9. The van der Waals surface area contributed by atoms with E-state index >= 15 is 0 Å². The van der Waals surface area contributed by atoms with E-state index in [-0.39, 0.29) is 18.0 Å². The van der Waals surface area contributed by atoms with Gasteiger partial charge in [0.25, 0.3) is 0 Å². The van der Waals surface area contributed by atoms with Gasteiger partial charge >= 0.3 is 12.8 Å². The third-order valence-corrected chi connectivity index (χ3v) is 4.96. The minimum Gasteiger partial charge on any atom is -0.482 e. The van der Waals surface area contributed by atoms with Crippen LogP contribution in [0.15, 0.2) is 48.5 Å². The first-order chi connectivity index (χ1) is 12.2. The summed E-state index contributed by atoms with van der Waals surface area (Å²) in [6, 6.07) is 14.5. The average molecular weight is 355 g/mol. The van der Waals surface area contributed by atoms with Crippen LogP contribution < -0.4 is 10.2 Å². The van der Waals surface area contributed by atoms with Crippen molar-refractivity contribution in [3.63, 3.8) is 0 Å². The molecule has 0 bridgehead atoms. The van der Waals surface area contributed by atoms with E-state index in [1.165, 1.54) is 0 Å². The van der Waals surface area contributed by atoms with Crippen molar-refractivity contribution in [3.8, 4) is 5.75 Å². The minimum atomic E-state index is -0.819. The van der Waals surface area contributed by atoms with Gasteiger partial charge in [0, 0.05) is 0 Å². The molecule has 0 aromatic heterocycles. The highest BCUT2D eigenvalue weighted by molar-refractivity contribution is 6.63. The summed E-state index contributed by atoms with van der Waals surface area (Å²) in [7, 11) is -0.819. The van der Waals surface area contributed by atoms with Gasteiger partial charge in [0.15, 0.2) is 5.75 Å². The van der Waals surface area contributed by atoms with Crippen molar-refractivity contribution >= 4 is 18.3 Å². The maximum Gasteiger partial charge on any atom is 0.502 e. The van der Waals surface area contributed by atoms with Gasteiger partial charge in [0.2, 0.25) is 0 Å². The van der Waals surface area contributed by atoms with Crippen LogP contribution in [0, 0.1) is 10.1 Å². The smallest absolute Gasteiger partial charge is 0.482 e. The molecule has 3 rings (SSSR count). The zero-order chi connectivity index (χ0) is 18.9. The lowest BCUT2D eigenvalue weighted by molar-refractivity contribution is -0.384. The van der Waals surface area contributed by atoms with E-state index < -0.39 is 23.2 Å². The molecule has 0 N–H and O–H groups in total. The van der Waals surface area contributed by atoms with Crippen LogP contribution in [0.1, 0.15) is 33.3 Å². The number of nitro groups is 1. The fraction of sp³-hybridized carbons (Fsp3) is 0.368. The molecule has 2 aromatic rings. The van der Waals surface area contributed by atoms with Crippen molar-refractivity contribution in [3.05, 3.63) is 64.2 Å². The second-order valence-electron chi connectivity index (χ2n) is 7.31. The van der Waals surface area contributed by atoms with Crippen LogP contribution in [-0.4, -0.2) is 23.2 Å². The summed E-state index contributed by atoms with van der Waals surface area (Å²) in [5, 5.41) is 11.7. The number of hydrogen-bond acceptors (Lipinski definition) is 5. The Kier molecular flexibility index (Phi) is 4.77. The minimum absolute atomic E-state index is 0.123. The molecular formula is C19H22BNO5. The molecule has 1 aliphatic rings. The Bertz CT molecular complexity index is 791. The van der Waals surface area contributed by atoms with Crippen LogP contribution in [0.25, 0.3) is 0 Å². The van der Waals surface area contributed by atoms with E-state index in [9.17, 15) is 10.1 Å². The van der Waals surface area contributed by atoms with Gasteiger partial charge in [-0.15, -0.1) is 0 Å². The van der Waals surface area contributed by atoms with E-state index in [2.05, 4.69) is 0 Å². The summed E-state index contributed by atoms with van der Waals surface area (Å²) in [6.07, 6.45) is 0. The molecule has 1 saturated heterocycles. The van der Waals surface area contributed by atoms with Crippen molar-refractivity contribution in [2.75, 3.05) is 0 Å². The molecule has 0 radical (unpaired) electrons. The van der Waals surface area contributed by atoms with Crippen LogP contribution in [0.4, 0.5) is 5.69 Å². The van der Waals surface area contributed by atoms with E-state index in [0.717, 1.165) is 5.56 Å². The number of rotatable bonds is 5. The monoisotopic (exact) mass is 355 g/mol. The number of nitrogens with zero attached hydrogens (tertiary/aromatic N) is 1. The molecule has 136 valence electrons. The lowest BCUT2D eigenvalue weighted by Gasteiger charge is -2.32. The Labute approximate surface area is 153 Å². The number of ether oxygens (including phenoxy) is 1. The molecule has 2 aromatic carbocycles. The molecule has 1 fully saturated rings. The highest BCUT2D eigenvalue weighted by Gasteiger charge is 2.53. The van der Waals surface area contributed by atoms with E-state index in [4.69, 9.17) is 14.0 Å². The van der Waals surface area contributed by atoms with Crippen molar-refractivity contribution in [1.82, 2.24) is 0 Å². The molecule has 0 atom stereocenters. The topological polar surface area (TPSA) is 70.8 Å². The Morgan fingerprint density at radius 1 is 1.00 bits per heavy atom. The van der Waals surface area contributed by atoms with E-state index in [1.807, 2.05) is 58.0 Å². The first-order valence-corrected chi connectivity index (χ1v) is 8.51. The van der Waals surface area contributed by atoms with Crippen molar-refractivity contribution in [2.45, 2.75) is 45.5 Å². The third-order valence-electron chi connectivity index (χ3n) is 4.96. The summed E-state index contributed by atoms with van der Waals surface area (Å²) < 4.78 is 17.7. The molecule has 26 heavy (non-hydrogen) atoms. The predicted octanol–water partition coefficient (Wildman–Crippen LogP) is 3.47. The van der Waals surface area contributed by atoms with E-state index in [0.29, 0.717) is 5.46 Å². The molecule has 1 heterocycles. The maximum atomic E-state index is 11.7.